The summed E-state index contributed by atoms with van der Waals surface area (Å²) in [6.07, 6.45) is 4.34. The van der Waals surface area contributed by atoms with Gasteiger partial charge in [-0.25, -0.2) is 0 Å². The molecule has 0 spiro atoms. The van der Waals surface area contributed by atoms with Gasteiger partial charge in [-0.15, -0.1) is 11.8 Å². The van der Waals surface area contributed by atoms with Crippen molar-refractivity contribution in [2.45, 2.75) is 62.1 Å². The average Bonchev–Trinajstić information content (AvgIpc) is 2.39. The normalized spacial score (nSPS) is 18.0. The number of alkyl halides is 3. The van der Waals surface area contributed by atoms with Crippen LogP contribution >= 0.6 is 11.8 Å². The monoisotopic (exact) mass is 317 g/mol. The van der Waals surface area contributed by atoms with Gasteiger partial charge >= 0.3 is 6.18 Å². The lowest BCUT2D eigenvalue weighted by Gasteiger charge is -2.23. The Morgan fingerprint density at radius 2 is 1.62 bits per heavy atom. The maximum absolute atomic E-state index is 12.4. The van der Waals surface area contributed by atoms with E-state index in [2.05, 4.69) is 5.32 Å². The number of benzene rings is 1. The molecule has 1 fully saturated rings. The predicted molar refractivity (Wildman–Crippen MR) is 83.0 cm³/mol. The van der Waals surface area contributed by atoms with Crippen LogP contribution < -0.4 is 5.32 Å². The smallest absolute Gasteiger partial charge is 0.381 e. The van der Waals surface area contributed by atoms with E-state index in [9.17, 15) is 13.2 Å². The molecule has 0 atom stereocenters. The number of nitrogens with one attached hydrogen (secondary N) is 1. The summed E-state index contributed by atoms with van der Waals surface area (Å²) in [5, 5.41) is 3.47. The number of halogens is 3. The summed E-state index contributed by atoms with van der Waals surface area (Å²) >= 11 is 0.864. The topological polar surface area (TPSA) is 12.0 Å². The molecule has 0 amide bonds. The molecule has 0 saturated heterocycles. The van der Waals surface area contributed by atoms with Crippen molar-refractivity contribution >= 4 is 17.4 Å². The third kappa shape index (κ3) is 6.20. The van der Waals surface area contributed by atoms with Crippen LogP contribution in [0.5, 0.6) is 0 Å². The van der Waals surface area contributed by atoms with Crippen molar-refractivity contribution in [2.24, 2.45) is 0 Å². The standard InChI is InChI=1S/C16H22F3NS/c17-16(18,19)12-21-15-11-7-6-10-14(15)20-13-8-4-2-1-3-5-9-13/h6-7,10-11,13,20H,1-5,8-9,12H2. The van der Waals surface area contributed by atoms with Crippen molar-refractivity contribution in [2.75, 3.05) is 11.1 Å². The summed E-state index contributed by atoms with van der Waals surface area (Å²) in [5.74, 6) is -0.837. The van der Waals surface area contributed by atoms with E-state index in [0.29, 0.717) is 10.9 Å². The first kappa shape index (κ1) is 16.5. The zero-order chi connectivity index (χ0) is 15.1. The van der Waals surface area contributed by atoms with E-state index in [0.717, 1.165) is 30.3 Å². The van der Waals surface area contributed by atoms with Crippen molar-refractivity contribution in [1.82, 2.24) is 0 Å². The second-order valence-corrected chi connectivity index (χ2v) is 6.60. The van der Waals surface area contributed by atoms with Gasteiger partial charge in [0.2, 0.25) is 0 Å². The van der Waals surface area contributed by atoms with E-state index in [1.165, 1.54) is 32.1 Å². The highest BCUT2D eigenvalue weighted by Gasteiger charge is 2.27. The minimum absolute atomic E-state index is 0.387. The number of thioether (sulfide) groups is 1. The maximum Gasteiger partial charge on any atom is 0.398 e. The van der Waals surface area contributed by atoms with Crippen molar-refractivity contribution < 1.29 is 13.2 Å². The van der Waals surface area contributed by atoms with Gasteiger partial charge < -0.3 is 5.32 Å². The van der Waals surface area contributed by atoms with Gasteiger partial charge in [-0.05, 0) is 25.0 Å². The molecular weight excluding hydrogens is 295 g/mol. The van der Waals surface area contributed by atoms with Crippen molar-refractivity contribution in [3.8, 4) is 0 Å². The summed E-state index contributed by atoms with van der Waals surface area (Å²) in [6.45, 7) is 0. The third-order valence-corrected chi connectivity index (χ3v) is 4.88. The number of hydrogen-bond acceptors (Lipinski definition) is 2. The average molecular weight is 317 g/mol. The highest BCUT2D eigenvalue weighted by atomic mass is 32.2. The van der Waals surface area contributed by atoms with Crippen LogP contribution in [0.15, 0.2) is 29.2 Å². The molecule has 0 unspecified atom stereocenters. The second-order valence-electron chi connectivity index (χ2n) is 5.59. The van der Waals surface area contributed by atoms with Gasteiger partial charge in [0.25, 0.3) is 0 Å². The SMILES string of the molecule is FC(F)(F)CSc1ccccc1NC1CCCCCCC1. The third-order valence-electron chi connectivity index (χ3n) is 3.74. The van der Waals surface area contributed by atoms with Crippen LogP contribution in [-0.4, -0.2) is 18.0 Å². The molecule has 0 radical (unpaired) electrons. The molecule has 1 aromatic rings. The second kappa shape index (κ2) is 7.97. The van der Waals surface area contributed by atoms with E-state index in [1.54, 1.807) is 12.1 Å². The Hall–Kier alpha value is -0.840. The number of anilines is 1. The van der Waals surface area contributed by atoms with Gasteiger partial charge in [0.05, 0.1) is 5.75 Å². The summed E-state index contributed by atoms with van der Waals surface area (Å²) in [7, 11) is 0. The van der Waals surface area contributed by atoms with Crippen LogP contribution in [0.3, 0.4) is 0 Å². The fraction of sp³-hybridized carbons (Fsp3) is 0.625. The molecule has 1 aliphatic rings. The zero-order valence-corrected chi connectivity index (χ0v) is 12.9. The Bertz CT molecular complexity index is 426. The molecule has 21 heavy (non-hydrogen) atoms. The minimum Gasteiger partial charge on any atom is -0.381 e. The van der Waals surface area contributed by atoms with Gasteiger partial charge in [0.1, 0.15) is 0 Å². The molecule has 118 valence electrons. The van der Waals surface area contributed by atoms with Crippen LogP contribution in [0.2, 0.25) is 0 Å². The molecule has 1 saturated carbocycles. The highest BCUT2D eigenvalue weighted by molar-refractivity contribution is 7.99. The first-order valence-corrected chi connectivity index (χ1v) is 8.58. The summed E-state index contributed by atoms with van der Waals surface area (Å²) in [6, 6.07) is 7.71. The lowest BCUT2D eigenvalue weighted by Crippen LogP contribution is -2.21. The summed E-state index contributed by atoms with van der Waals surface area (Å²) < 4.78 is 37.2. The van der Waals surface area contributed by atoms with Crippen LogP contribution in [0, 0.1) is 0 Å². The van der Waals surface area contributed by atoms with E-state index >= 15 is 0 Å². The number of para-hydroxylation sites is 1. The lowest BCUT2D eigenvalue weighted by atomic mass is 9.96. The molecule has 1 aliphatic carbocycles. The zero-order valence-electron chi connectivity index (χ0n) is 12.1. The molecule has 0 bridgehead atoms. The van der Waals surface area contributed by atoms with Crippen LogP contribution in [0.25, 0.3) is 0 Å². The van der Waals surface area contributed by atoms with Crippen LogP contribution in [0.4, 0.5) is 18.9 Å². The molecular formula is C16H22F3NS. The lowest BCUT2D eigenvalue weighted by molar-refractivity contribution is -0.105. The van der Waals surface area contributed by atoms with Gasteiger partial charge in [0.15, 0.2) is 0 Å². The Morgan fingerprint density at radius 3 is 2.29 bits per heavy atom. The molecule has 5 heteroatoms. The van der Waals surface area contributed by atoms with Crippen LogP contribution in [-0.2, 0) is 0 Å². The van der Waals surface area contributed by atoms with Crippen molar-refractivity contribution in [3.63, 3.8) is 0 Å². The highest BCUT2D eigenvalue weighted by Crippen LogP contribution is 2.33. The van der Waals surface area contributed by atoms with E-state index < -0.39 is 11.9 Å². The Morgan fingerprint density at radius 1 is 1.00 bits per heavy atom. The molecule has 1 nitrogen and oxygen atoms in total. The molecule has 0 aromatic heterocycles. The predicted octanol–water partition coefficient (Wildman–Crippen LogP) is 5.87. The minimum atomic E-state index is -4.13. The van der Waals surface area contributed by atoms with Gasteiger partial charge in [-0.3, -0.25) is 0 Å². The molecule has 0 aliphatic heterocycles. The first-order chi connectivity index (χ1) is 10.0. The maximum atomic E-state index is 12.4. The van der Waals surface area contributed by atoms with E-state index in [1.807, 2.05) is 12.1 Å². The molecule has 2 rings (SSSR count). The molecule has 0 heterocycles. The van der Waals surface area contributed by atoms with Gasteiger partial charge in [-0.1, -0.05) is 44.2 Å². The van der Waals surface area contributed by atoms with Gasteiger partial charge in [0, 0.05) is 16.6 Å². The van der Waals surface area contributed by atoms with Gasteiger partial charge in [-0.2, -0.15) is 13.2 Å². The fourth-order valence-corrected chi connectivity index (χ4v) is 3.47. The fourth-order valence-electron chi connectivity index (χ4n) is 2.69. The quantitative estimate of drug-likeness (QED) is 0.697. The Kier molecular flexibility index (Phi) is 6.27. The summed E-state index contributed by atoms with van der Waals surface area (Å²) in [4.78, 5) is 0.692. The Labute approximate surface area is 128 Å². The van der Waals surface area contributed by atoms with Crippen molar-refractivity contribution in [3.05, 3.63) is 24.3 Å². The van der Waals surface area contributed by atoms with E-state index in [4.69, 9.17) is 0 Å². The largest absolute Gasteiger partial charge is 0.398 e. The van der Waals surface area contributed by atoms with Crippen molar-refractivity contribution in [1.29, 1.82) is 0 Å². The molecule has 1 N–H and O–H groups in total. The van der Waals surface area contributed by atoms with E-state index in [-0.39, 0.29) is 0 Å². The first-order valence-electron chi connectivity index (χ1n) is 7.60. The number of rotatable bonds is 4. The number of hydrogen-bond donors (Lipinski definition) is 1. The molecule has 1 aromatic carbocycles. The van der Waals surface area contributed by atoms with Crippen LogP contribution in [0.1, 0.15) is 44.9 Å². The Balaban J connectivity index is 1.98. The summed E-state index contributed by atoms with van der Waals surface area (Å²) in [5.41, 5.74) is 0.845.